The first kappa shape index (κ1) is 16.7. The molecule has 27 heavy (non-hydrogen) atoms. The van der Waals surface area contributed by atoms with Gasteiger partial charge in [-0.1, -0.05) is 24.3 Å². The Balaban J connectivity index is 1.93. The Labute approximate surface area is 154 Å². The van der Waals surface area contributed by atoms with Crippen LogP contribution < -0.4 is 15.2 Å². The number of nitrogens with one attached hydrogen (secondary N) is 1. The van der Waals surface area contributed by atoms with Crippen molar-refractivity contribution in [3.8, 4) is 29.0 Å². The number of allylic oxidation sites excluding steroid dienone is 1. The molecule has 1 aliphatic rings. The van der Waals surface area contributed by atoms with Crippen molar-refractivity contribution in [3.05, 3.63) is 76.9 Å². The summed E-state index contributed by atoms with van der Waals surface area (Å²) in [6.07, 6.45) is 0. The molecule has 0 radical (unpaired) electrons. The number of hydrogen-bond donors (Lipinski definition) is 2. The summed E-state index contributed by atoms with van der Waals surface area (Å²) < 4.78 is 24.3. The standard InChI is InChI=1S/C20H15FN4O2/c1-26-14-4-2-3-12(9-14)18-17-16(11-5-7-13(21)8-6-11)15(10-22)19(23)27-20(17)25-24-18/h2-9,16H,23H2,1H3,(H,24,25)/t16-/m0/s1. The second kappa shape index (κ2) is 6.50. The fourth-order valence-electron chi connectivity index (χ4n) is 3.23. The maximum absolute atomic E-state index is 13.4. The molecule has 0 bridgehead atoms. The van der Waals surface area contributed by atoms with Gasteiger partial charge in [0, 0.05) is 5.56 Å². The number of aromatic amines is 1. The number of hydrogen-bond acceptors (Lipinski definition) is 5. The van der Waals surface area contributed by atoms with Crippen LogP contribution in [0.4, 0.5) is 4.39 Å². The highest BCUT2D eigenvalue weighted by Crippen LogP contribution is 2.45. The Hall–Kier alpha value is -3.79. The van der Waals surface area contributed by atoms with Crippen LogP contribution in [0.25, 0.3) is 11.3 Å². The van der Waals surface area contributed by atoms with Crippen LogP contribution >= 0.6 is 0 Å². The summed E-state index contributed by atoms with van der Waals surface area (Å²) in [7, 11) is 1.59. The average Bonchev–Trinajstić information content (AvgIpc) is 3.11. The molecule has 1 aliphatic heterocycles. The van der Waals surface area contributed by atoms with Gasteiger partial charge in [-0.15, -0.1) is 5.10 Å². The van der Waals surface area contributed by atoms with Crippen LogP contribution in [0.2, 0.25) is 0 Å². The minimum absolute atomic E-state index is 0.0111. The van der Waals surface area contributed by atoms with Gasteiger partial charge in [0.2, 0.25) is 11.8 Å². The smallest absolute Gasteiger partial charge is 0.244 e. The monoisotopic (exact) mass is 362 g/mol. The number of aromatic nitrogens is 2. The van der Waals surface area contributed by atoms with Gasteiger partial charge in [-0.3, -0.25) is 5.10 Å². The van der Waals surface area contributed by atoms with Crippen LogP contribution in [0, 0.1) is 17.1 Å². The van der Waals surface area contributed by atoms with E-state index in [4.69, 9.17) is 15.2 Å². The zero-order valence-electron chi connectivity index (χ0n) is 14.4. The normalized spacial score (nSPS) is 15.7. The molecule has 134 valence electrons. The van der Waals surface area contributed by atoms with Crippen molar-refractivity contribution in [2.24, 2.45) is 5.73 Å². The van der Waals surface area contributed by atoms with Crippen molar-refractivity contribution in [2.45, 2.75) is 5.92 Å². The zero-order chi connectivity index (χ0) is 19.0. The Kier molecular flexibility index (Phi) is 4.01. The highest BCUT2D eigenvalue weighted by Gasteiger charge is 2.35. The topological polar surface area (TPSA) is 97.0 Å². The van der Waals surface area contributed by atoms with Gasteiger partial charge in [0.05, 0.1) is 24.3 Å². The molecule has 0 saturated carbocycles. The molecule has 0 unspecified atom stereocenters. The minimum Gasteiger partial charge on any atom is -0.497 e. The second-order valence-corrected chi connectivity index (χ2v) is 6.03. The highest BCUT2D eigenvalue weighted by atomic mass is 19.1. The SMILES string of the molecule is COc1cccc(-c2[nH]nc3c2[C@@H](c2ccc(F)cc2)C(C#N)=C(N)O3)c1. The van der Waals surface area contributed by atoms with Gasteiger partial charge in [-0.2, -0.15) is 5.26 Å². The summed E-state index contributed by atoms with van der Waals surface area (Å²) in [6.45, 7) is 0. The number of H-pyrrole nitrogens is 1. The summed E-state index contributed by atoms with van der Waals surface area (Å²) in [5.41, 5.74) is 9.07. The van der Waals surface area contributed by atoms with Crippen LogP contribution in [-0.4, -0.2) is 17.3 Å². The molecule has 7 heteroatoms. The molecule has 3 aromatic rings. The van der Waals surface area contributed by atoms with E-state index in [0.717, 1.165) is 5.56 Å². The van der Waals surface area contributed by atoms with E-state index in [-0.39, 0.29) is 17.3 Å². The fraction of sp³-hybridized carbons (Fsp3) is 0.100. The third kappa shape index (κ3) is 2.77. The van der Waals surface area contributed by atoms with Crippen LogP contribution in [-0.2, 0) is 0 Å². The Morgan fingerprint density at radius 2 is 2.04 bits per heavy atom. The van der Waals surface area contributed by atoms with Crippen LogP contribution in [0.3, 0.4) is 0 Å². The van der Waals surface area contributed by atoms with Crippen molar-refractivity contribution < 1.29 is 13.9 Å². The lowest BCUT2D eigenvalue weighted by Crippen LogP contribution is -2.21. The zero-order valence-corrected chi connectivity index (χ0v) is 14.4. The van der Waals surface area contributed by atoms with E-state index in [1.54, 1.807) is 19.2 Å². The summed E-state index contributed by atoms with van der Waals surface area (Å²) >= 11 is 0. The molecular formula is C20H15FN4O2. The van der Waals surface area contributed by atoms with Crippen molar-refractivity contribution in [1.29, 1.82) is 5.26 Å². The predicted octanol–water partition coefficient (Wildman–Crippen LogP) is 3.44. The van der Waals surface area contributed by atoms with E-state index < -0.39 is 5.92 Å². The lowest BCUT2D eigenvalue weighted by molar-refractivity contribution is 0.379. The molecule has 2 aromatic carbocycles. The average molecular weight is 362 g/mol. The first-order chi connectivity index (χ1) is 13.1. The molecule has 2 heterocycles. The van der Waals surface area contributed by atoms with E-state index >= 15 is 0 Å². The third-order valence-electron chi connectivity index (χ3n) is 4.50. The Morgan fingerprint density at radius 3 is 2.74 bits per heavy atom. The van der Waals surface area contributed by atoms with Crippen LogP contribution in [0.1, 0.15) is 17.0 Å². The number of ether oxygens (including phenoxy) is 2. The number of benzene rings is 2. The van der Waals surface area contributed by atoms with Gasteiger partial charge in [0.1, 0.15) is 23.2 Å². The Morgan fingerprint density at radius 1 is 1.26 bits per heavy atom. The molecule has 0 aliphatic carbocycles. The molecule has 0 saturated heterocycles. The van der Waals surface area contributed by atoms with Gasteiger partial charge in [0.25, 0.3) is 0 Å². The third-order valence-corrected chi connectivity index (χ3v) is 4.50. The number of rotatable bonds is 3. The summed E-state index contributed by atoms with van der Waals surface area (Å²) in [5, 5.41) is 16.8. The number of fused-ring (bicyclic) bond motifs is 1. The van der Waals surface area contributed by atoms with E-state index in [1.165, 1.54) is 12.1 Å². The maximum atomic E-state index is 13.4. The van der Waals surface area contributed by atoms with Gasteiger partial charge in [0.15, 0.2) is 0 Å². The van der Waals surface area contributed by atoms with E-state index in [1.807, 2.05) is 24.3 Å². The highest BCUT2D eigenvalue weighted by molar-refractivity contribution is 5.71. The van der Waals surface area contributed by atoms with E-state index in [0.29, 0.717) is 28.5 Å². The van der Waals surface area contributed by atoms with Crippen molar-refractivity contribution in [3.63, 3.8) is 0 Å². The molecule has 1 aromatic heterocycles. The molecular weight excluding hydrogens is 347 g/mol. The number of nitrogens with zero attached hydrogens (tertiary/aromatic N) is 2. The first-order valence-corrected chi connectivity index (χ1v) is 8.18. The lowest BCUT2D eigenvalue weighted by Gasteiger charge is -2.24. The quantitative estimate of drug-likeness (QED) is 0.744. The first-order valence-electron chi connectivity index (χ1n) is 8.18. The number of methoxy groups -OCH3 is 1. The number of halogens is 1. The largest absolute Gasteiger partial charge is 0.497 e. The van der Waals surface area contributed by atoms with Gasteiger partial charge in [-0.25, -0.2) is 4.39 Å². The minimum atomic E-state index is -0.528. The molecule has 0 spiro atoms. The van der Waals surface area contributed by atoms with Gasteiger partial charge < -0.3 is 15.2 Å². The summed E-state index contributed by atoms with van der Waals surface area (Å²) in [6, 6.07) is 15.5. The predicted molar refractivity (Wildman–Crippen MR) is 96.3 cm³/mol. The molecule has 4 rings (SSSR count). The molecule has 0 amide bonds. The van der Waals surface area contributed by atoms with E-state index in [2.05, 4.69) is 16.3 Å². The van der Waals surface area contributed by atoms with Crippen molar-refractivity contribution in [1.82, 2.24) is 10.2 Å². The van der Waals surface area contributed by atoms with Crippen LogP contribution in [0.5, 0.6) is 11.6 Å². The number of nitriles is 1. The molecule has 6 nitrogen and oxygen atoms in total. The van der Waals surface area contributed by atoms with Crippen LogP contribution in [0.15, 0.2) is 60.0 Å². The summed E-state index contributed by atoms with van der Waals surface area (Å²) in [4.78, 5) is 0. The lowest BCUT2D eigenvalue weighted by atomic mass is 9.83. The van der Waals surface area contributed by atoms with Crippen molar-refractivity contribution >= 4 is 0 Å². The van der Waals surface area contributed by atoms with Gasteiger partial charge in [-0.05, 0) is 29.8 Å². The fourth-order valence-corrected chi connectivity index (χ4v) is 3.23. The van der Waals surface area contributed by atoms with Crippen molar-refractivity contribution in [2.75, 3.05) is 7.11 Å². The number of nitrogens with two attached hydrogens (primary N) is 1. The van der Waals surface area contributed by atoms with E-state index in [9.17, 15) is 9.65 Å². The van der Waals surface area contributed by atoms with Gasteiger partial charge >= 0.3 is 0 Å². The molecule has 0 fully saturated rings. The second-order valence-electron chi connectivity index (χ2n) is 6.03. The summed E-state index contributed by atoms with van der Waals surface area (Å²) in [5.74, 6) is 0.0733. The maximum Gasteiger partial charge on any atom is 0.244 e. The molecule has 1 atom stereocenters. The Bertz CT molecular complexity index is 1080. The molecule has 3 N–H and O–H groups in total.